The summed E-state index contributed by atoms with van der Waals surface area (Å²) in [6.45, 7) is 5.45. The van der Waals surface area contributed by atoms with Gasteiger partial charge in [-0.1, -0.05) is 37.6 Å². The van der Waals surface area contributed by atoms with Crippen LogP contribution in [0.3, 0.4) is 0 Å². The second kappa shape index (κ2) is 7.79. The maximum absolute atomic E-state index is 12.3. The molecular formula is C20H22ClNO3. The van der Waals surface area contributed by atoms with Gasteiger partial charge in [0.1, 0.15) is 0 Å². The van der Waals surface area contributed by atoms with Gasteiger partial charge in [0.15, 0.2) is 11.5 Å². The van der Waals surface area contributed by atoms with Gasteiger partial charge in [0.25, 0.3) is 0 Å². The fourth-order valence-electron chi connectivity index (χ4n) is 2.73. The van der Waals surface area contributed by atoms with E-state index in [0.29, 0.717) is 35.7 Å². The third kappa shape index (κ3) is 4.45. The van der Waals surface area contributed by atoms with Crippen molar-refractivity contribution >= 4 is 23.2 Å². The van der Waals surface area contributed by atoms with E-state index in [0.717, 1.165) is 17.7 Å². The molecule has 0 unspecified atom stereocenters. The summed E-state index contributed by atoms with van der Waals surface area (Å²) in [5.74, 6) is 1.54. The number of ether oxygens (including phenoxy) is 2. The molecule has 3 rings (SSSR count). The summed E-state index contributed by atoms with van der Waals surface area (Å²) in [5, 5.41) is 3.39. The van der Waals surface area contributed by atoms with Gasteiger partial charge < -0.3 is 14.8 Å². The fraction of sp³-hybridized carbons (Fsp3) is 0.350. The minimum absolute atomic E-state index is 0.0946. The number of fused-ring (bicyclic) bond motifs is 1. The molecule has 4 nitrogen and oxygen atoms in total. The van der Waals surface area contributed by atoms with Crippen molar-refractivity contribution in [2.75, 3.05) is 18.5 Å². The average molecular weight is 360 g/mol. The van der Waals surface area contributed by atoms with Crippen molar-refractivity contribution in [3.05, 3.63) is 52.5 Å². The van der Waals surface area contributed by atoms with E-state index in [2.05, 4.69) is 19.2 Å². The van der Waals surface area contributed by atoms with Gasteiger partial charge in [0.2, 0.25) is 5.91 Å². The molecule has 1 amide bonds. The molecule has 1 aliphatic rings. The largest absolute Gasteiger partial charge is 0.489 e. The molecule has 0 radical (unpaired) electrons. The second-order valence-electron chi connectivity index (χ2n) is 6.46. The molecule has 1 aliphatic heterocycles. The van der Waals surface area contributed by atoms with Gasteiger partial charge >= 0.3 is 0 Å². The van der Waals surface area contributed by atoms with Gasteiger partial charge in [-0.25, -0.2) is 0 Å². The highest BCUT2D eigenvalue weighted by molar-refractivity contribution is 6.32. The van der Waals surface area contributed by atoms with E-state index in [1.165, 1.54) is 5.56 Å². The maximum Gasteiger partial charge on any atom is 0.228 e. The molecule has 0 atom stereocenters. The van der Waals surface area contributed by atoms with Crippen molar-refractivity contribution in [2.45, 2.75) is 32.6 Å². The first-order valence-electron chi connectivity index (χ1n) is 8.51. The number of amides is 1. The molecule has 0 saturated heterocycles. The summed E-state index contributed by atoms with van der Waals surface area (Å²) in [6.07, 6.45) is 1.04. The van der Waals surface area contributed by atoms with Crippen molar-refractivity contribution in [3.8, 4) is 11.5 Å². The Balaban J connectivity index is 1.68. The normalized spacial score (nSPS) is 13.4. The van der Waals surface area contributed by atoms with Gasteiger partial charge in [-0.3, -0.25) is 4.79 Å². The van der Waals surface area contributed by atoms with Crippen LogP contribution in [0.1, 0.15) is 37.3 Å². The molecule has 0 saturated carbocycles. The number of carbonyl (C=O) groups excluding carboxylic acids is 1. The zero-order valence-corrected chi connectivity index (χ0v) is 15.2. The number of rotatable bonds is 4. The second-order valence-corrected chi connectivity index (χ2v) is 6.86. The van der Waals surface area contributed by atoms with E-state index in [4.69, 9.17) is 21.1 Å². The Morgan fingerprint density at radius 1 is 1.16 bits per heavy atom. The van der Waals surface area contributed by atoms with Crippen molar-refractivity contribution in [1.82, 2.24) is 0 Å². The van der Waals surface area contributed by atoms with Gasteiger partial charge in [0.05, 0.1) is 24.7 Å². The first-order chi connectivity index (χ1) is 12.0. The van der Waals surface area contributed by atoms with Gasteiger partial charge in [-0.2, -0.15) is 0 Å². The van der Waals surface area contributed by atoms with Crippen LogP contribution in [0.4, 0.5) is 5.69 Å². The van der Waals surface area contributed by atoms with E-state index >= 15 is 0 Å². The molecule has 1 heterocycles. The maximum atomic E-state index is 12.3. The summed E-state index contributed by atoms with van der Waals surface area (Å²) in [7, 11) is 0. The Bertz CT molecular complexity index is 756. The van der Waals surface area contributed by atoms with Crippen LogP contribution in [-0.4, -0.2) is 19.1 Å². The van der Waals surface area contributed by atoms with Crippen molar-refractivity contribution in [2.24, 2.45) is 0 Å². The fourth-order valence-corrected chi connectivity index (χ4v) is 3.02. The van der Waals surface area contributed by atoms with Crippen LogP contribution in [0.2, 0.25) is 5.02 Å². The lowest BCUT2D eigenvalue weighted by molar-refractivity contribution is -0.115. The van der Waals surface area contributed by atoms with Crippen LogP contribution in [0.25, 0.3) is 0 Å². The van der Waals surface area contributed by atoms with E-state index in [1.54, 1.807) is 6.07 Å². The quantitative estimate of drug-likeness (QED) is 0.852. The van der Waals surface area contributed by atoms with Crippen LogP contribution in [-0.2, 0) is 11.2 Å². The number of benzene rings is 2. The lowest BCUT2D eigenvalue weighted by atomic mass is 10.0. The Labute approximate surface area is 153 Å². The molecule has 2 aromatic rings. The molecule has 0 spiro atoms. The average Bonchev–Trinajstić information content (AvgIpc) is 2.81. The Morgan fingerprint density at radius 3 is 2.60 bits per heavy atom. The Kier molecular flexibility index (Phi) is 5.49. The summed E-state index contributed by atoms with van der Waals surface area (Å²) in [4.78, 5) is 12.3. The SMILES string of the molecule is CC(C)c1ccc(NC(=O)Cc2cc(Cl)c3c(c2)OCCCO3)cc1. The molecular weight excluding hydrogens is 338 g/mol. The van der Waals surface area contributed by atoms with E-state index in [9.17, 15) is 4.79 Å². The van der Waals surface area contributed by atoms with Crippen molar-refractivity contribution in [3.63, 3.8) is 0 Å². The third-order valence-corrected chi connectivity index (χ3v) is 4.37. The van der Waals surface area contributed by atoms with E-state index in [-0.39, 0.29) is 12.3 Å². The topological polar surface area (TPSA) is 47.6 Å². The first kappa shape index (κ1) is 17.6. The molecule has 25 heavy (non-hydrogen) atoms. The van der Waals surface area contributed by atoms with Crippen molar-refractivity contribution in [1.29, 1.82) is 0 Å². The molecule has 0 aromatic heterocycles. The summed E-state index contributed by atoms with van der Waals surface area (Å²) in [6, 6.07) is 11.5. The number of hydrogen-bond donors (Lipinski definition) is 1. The lowest BCUT2D eigenvalue weighted by Gasteiger charge is -2.12. The molecule has 1 N–H and O–H groups in total. The summed E-state index contributed by atoms with van der Waals surface area (Å²) < 4.78 is 11.3. The van der Waals surface area contributed by atoms with Gasteiger partial charge in [-0.15, -0.1) is 0 Å². The zero-order valence-electron chi connectivity index (χ0n) is 14.5. The van der Waals surface area contributed by atoms with Crippen LogP contribution in [0, 0.1) is 0 Å². The smallest absolute Gasteiger partial charge is 0.228 e. The highest BCUT2D eigenvalue weighted by Gasteiger charge is 2.17. The minimum Gasteiger partial charge on any atom is -0.489 e. The minimum atomic E-state index is -0.0946. The molecule has 0 aliphatic carbocycles. The number of anilines is 1. The molecule has 0 bridgehead atoms. The Morgan fingerprint density at radius 2 is 1.88 bits per heavy atom. The number of carbonyl (C=O) groups is 1. The molecule has 0 fully saturated rings. The lowest BCUT2D eigenvalue weighted by Crippen LogP contribution is -2.14. The highest BCUT2D eigenvalue weighted by Crippen LogP contribution is 2.38. The monoisotopic (exact) mass is 359 g/mol. The predicted octanol–water partition coefficient (Wildman–Crippen LogP) is 4.81. The highest BCUT2D eigenvalue weighted by atomic mass is 35.5. The molecule has 5 heteroatoms. The molecule has 2 aromatic carbocycles. The standard InChI is InChI=1S/C20H22ClNO3/c1-13(2)15-4-6-16(7-5-15)22-19(23)12-14-10-17(21)20-18(11-14)24-8-3-9-25-20/h4-7,10-11,13H,3,8-9,12H2,1-2H3,(H,22,23). The van der Waals surface area contributed by atoms with Gasteiger partial charge in [-0.05, 0) is 41.3 Å². The van der Waals surface area contributed by atoms with E-state index in [1.807, 2.05) is 30.3 Å². The predicted molar refractivity (Wildman–Crippen MR) is 99.9 cm³/mol. The summed E-state index contributed by atoms with van der Waals surface area (Å²) >= 11 is 6.27. The number of nitrogens with one attached hydrogen (secondary N) is 1. The van der Waals surface area contributed by atoms with Crippen LogP contribution >= 0.6 is 11.6 Å². The van der Waals surface area contributed by atoms with Crippen LogP contribution in [0.5, 0.6) is 11.5 Å². The van der Waals surface area contributed by atoms with E-state index < -0.39 is 0 Å². The Hall–Kier alpha value is -2.20. The summed E-state index contributed by atoms with van der Waals surface area (Å²) in [5.41, 5.74) is 2.83. The van der Waals surface area contributed by atoms with Crippen LogP contribution in [0.15, 0.2) is 36.4 Å². The third-order valence-electron chi connectivity index (χ3n) is 4.09. The number of hydrogen-bond acceptors (Lipinski definition) is 3. The number of halogens is 1. The zero-order chi connectivity index (χ0) is 17.8. The van der Waals surface area contributed by atoms with Crippen LogP contribution < -0.4 is 14.8 Å². The van der Waals surface area contributed by atoms with Gasteiger partial charge in [0, 0.05) is 12.1 Å². The first-order valence-corrected chi connectivity index (χ1v) is 8.88. The molecule has 132 valence electrons. The van der Waals surface area contributed by atoms with Crippen molar-refractivity contribution < 1.29 is 14.3 Å².